The summed E-state index contributed by atoms with van der Waals surface area (Å²) in [4.78, 5) is 12.2. The first-order valence-electron chi connectivity index (χ1n) is 5.26. The summed E-state index contributed by atoms with van der Waals surface area (Å²) in [5.41, 5.74) is 6.12. The summed E-state index contributed by atoms with van der Waals surface area (Å²) in [5, 5.41) is 4.16. The highest BCUT2D eigenvalue weighted by molar-refractivity contribution is 7.12. The van der Waals surface area contributed by atoms with Gasteiger partial charge in [0.05, 0.1) is 11.4 Å². The lowest BCUT2D eigenvalue weighted by atomic mass is 10.3. The number of carbonyl (C=O) groups excluding carboxylic acids is 1. The van der Waals surface area contributed by atoms with Crippen LogP contribution in [0.5, 0.6) is 5.75 Å². The van der Waals surface area contributed by atoms with Gasteiger partial charge in [0.25, 0.3) is 5.91 Å². The molecule has 0 aliphatic rings. The second-order valence-corrected chi connectivity index (χ2v) is 4.45. The van der Waals surface area contributed by atoms with Crippen molar-refractivity contribution in [1.82, 2.24) is 0 Å². The first kappa shape index (κ1) is 13.3. The Balaban J connectivity index is 2.19. The molecule has 1 aromatic heterocycles. The predicted octanol–water partition coefficient (Wildman–Crippen LogP) is 3.18. The van der Waals surface area contributed by atoms with Gasteiger partial charge >= 0.3 is 6.61 Å². The molecule has 1 amide bonds. The number of hydrogen-bond donors (Lipinski definition) is 2. The minimum absolute atomic E-state index is 0.0963. The molecule has 0 fully saturated rings. The van der Waals surface area contributed by atoms with E-state index in [2.05, 4.69) is 10.1 Å². The average Bonchev–Trinajstić information content (AvgIpc) is 2.77. The number of para-hydroxylation sites is 2. The van der Waals surface area contributed by atoms with E-state index in [1.165, 1.54) is 29.5 Å². The molecule has 100 valence electrons. The van der Waals surface area contributed by atoms with Crippen molar-refractivity contribution in [1.29, 1.82) is 0 Å². The van der Waals surface area contributed by atoms with Crippen molar-refractivity contribution >= 4 is 28.6 Å². The lowest BCUT2D eigenvalue weighted by molar-refractivity contribution is -0.0493. The lowest BCUT2D eigenvalue weighted by Crippen LogP contribution is -2.13. The van der Waals surface area contributed by atoms with Crippen molar-refractivity contribution in [3.05, 3.63) is 40.6 Å². The Morgan fingerprint density at radius 3 is 2.68 bits per heavy atom. The van der Waals surface area contributed by atoms with Crippen LogP contribution in [-0.2, 0) is 0 Å². The van der Waals surface area contributed by atoms with E-state index in [0.29, 0.717) is 10.6 Å². The zero-order chi connectivity index (χ0) is 13.8. The quantitative estimate of drug-likeness (QED) is 0.906. The zero-order valence-electron chi connectivity index (χ0n) is 9.60. The molecule has 4 nitrogen and oxygen atoms in total. The average molecular weight is 284 g/mol. The van der Waals surface area contributed by atoms with Gasteiger partial charge < -0.3 is 15.8 Å². The second-order valence-electron chi connectivity index (χ2n) is 3.53. The fourth-order valence-electron chi connectivity index (χ4n) is 1.45. The molecule has 19 heavy (non-hydrogen) atoms. The van der Waals surface area contributed by atoms with Gasteiger partial charge in [-0.3, -0.25) is 4.79 Å². The van der Waals surface area contributed by atoms with Crippen molar-refractivity contribution in [3.8, 4) is 5.75 Å². The van der Waals surface area contributed by atoms with Crippen LogP contribution in [0.15, 0.2) is 35.7 Å². The van der Waals surface area contributed by atoms with Crippen LogP contribution in [0.25, 0.3) is 0 Å². The standard InChI is InChI=1S/C12H10F2N2O2S/c13-12(14)18-9-4-2-1-3-8(9)16-11(17)10-7(15)5-6-19-10/h1-6,12H,15H2,(H,16,17). The Morgan fingerprint density at radius 1 is 1.32 bits per heavy atom. The highest BCUT2D eigenvalue weighted by Gasteiger charge is 2.15. The molecule has 0 aliphatic heterocycles. The fourth-order valence-corrected chi connectivity index (χ4v) is 2.16. The van der Waals surface area contributed by atoms with Crippen molar-refractivity contribution < 1.29 is 18.3 Å². The van der Waals surface area contributed by atoms with Gasteiger partial charge in [-0.1, -0.05) is 12.1 Å². The molecular formula is C12H10F2N2O2S. The Labute approximate surface area is 111 Å². The predicted molar refractivity (Wildman–Crippen MR) is 69.8 cm³/mol. The van der Waals surface area contributed by atoms with Crippen molar-refractivity contribution in [3.63, 3.8) is 0 Å². The molecule has 0 bridgehead atoms. The van der Waals surface area contributed by atoms with Crippen molar-refractivity contribution in [2.75, 3.05) is 11.1 Å². The van der Waals surface area contributed by atoms with Crippen LogP contribution in [0.3, 0.4) is 0 Å². The number of alkyl halides is 2. The highest BCUT2D eigenvalue weighted by atomic mass is 32.1. The Morgan fingerprint density at radius 2 is 2.05 bits per heavy atom. The monoisotopic (exact) mass is 284 g/mol. The summed E-state index contributed by atoms with van der Waals surface area (Å²) in [6.45, 7) is -2.95. The Kier molecular flexibility index (Phi) is 3.96. The van der Waals surface area contributed by atoms with E-state index in [9.17, 15) is 13.6 Å². The minimum Gasteiger partial charge on any atom is -0.433 e. The van der Waals surface area contributed by atoms with Crippen LogP contribution in [0.4, 0.5) is 20.2 Å². The van der Waals surface area contributed by atoms with Crippen LogP contribution in [-0.4, -0.2) is 12.5 Å². The highest BCUT2D eigenvalue weighted by Crippen LogP contribution is 2.27. The zero-order valence-corrected chi connectivity index (χ0v) is 10.4. The number of benzene rings is 1. The molecule has 2 rings (SSSR count). The van der Waals surface area contributed by atoms with Crippen molar-refractivity contribution in [2.45, 2.75) is 6.61 Å². The lowest BCUT2D eigenvalue weighted by Gasteiger charge is -2.11. The van der Waals surface area contributed by atoms with E-state index in [1.807, 2.05) is 0 Å². The van der Waals surface area contributed by atoms with Crippen LogP contribution in [0.2, 0.25) is 0 Å². The molecule has 0 unspecified atom stereocenters. The summed E-state index contributed by atoms with van der Waals surface area (Å²) >= 11 is 1.17. The molecular weight excluding hydrogens is 274 g/mol. The van der Waals surface area contributed by atoms with Gasteiger partial charge in [0.2, 0.25) is 0 Å². The molecule has 0 radical (unpaired) electrons. The summed E-state index contributed by atoms with van der Waals surface area (Å²) in [6.07, 6.45) is 0. The topological polar surface area (TPSA) is 64.4 Å². The Bertz CT molecular complexity index is 587. The van der Waals surface area contributed by atoms with Gasteiger partial charge in [-0.25, -0.2) is 0 Å². The summed E-state index contributed by atoms with van der Waals surface area (Å²) in [6, 6.07) is 7.55. The van der Waals surface area contributed by atoms with Gasteiger partial charge in [-0.15, -0.1) is 11.3 Å². The van der Waals surface area contributed by atoms with E-state index in [-0.39, 0.29) is 11.4 Å². The maximum Gasteiger partial charge on any atom is 0.387 e. The molecule has 0 aliphatic carbocycles. The van der Waals surface area contributed by atoms with Gasteiger partial charge in [0, 0.05) is 0 Å². The number of anilines is 2. The SMILES string of the molecule is Nc1ccsc1C(=O)Nc1ccccc1OC(F)F. The number of ether oxygens (including phenoxy) is 1. The molecule has 0 spiro atoms. The summed E-state index contributed by atoms with van der Waals surface area (Å²) in [7, 11) is 0. The van der Waals surface area contributed by atoms with Crippen molar-refractivity contribution in [2.24, 2.45) is 0 Å². The molecule has 0 saturated carbocycles. The van der Waals surface area contributed by atoms with E-state index < -0.39 is 12.5 Å². The molecule has 3 N–H and O–H groups in total. The minimum atomic E-state index is -2.95. The van der Waals surface area contributed by atoms with Gasteiger partial charge in [0.1, 0.15) is 10.6 Å². The van der Waals surface area contributed by atoms with E-state index in [1.54, 1.807) is 17.5 Å². The van der Waals surface area contributed by atoms with Gasteiger partial charge in [-0.2, -0.15) is 8.78 Å². The smallest absolute Gasteiger partial charge is 0.387 e. The third kappa shape index (κ3) is 3.19. The normalized spacial score (nSPS) is 10.5. The number of amides is 1. The maximum atomic E-state index is 12.2. The number of carbonyl (C=O) groups is 1. The maximum absolute atomic E-state index is 12.2. The van der Waals surface area contributed by atoms with Crippen LogP contribution >= 0.6 is 11.3 Å². The molecule has 1 aromatic carbocycles. The number of rotatable bonds is 4. The first-order chi connectivity index (χ1) is 9.08. The second kappa shape index (κ2) is 5.66. The van der Waals surface area contributed by atoms with E-state index in [4.69, 9.17) is 5.73 Å². The molecule has 0 atom stereocenters. The number of nitrogens with two attached hydrogens (primary N) is 1. The fraction of sp³-hybridized carbons (Fsp3) is 0.0833. The van der Waals surface area contributed by atoms with Crippen LogP contribution in [0.1, 0.15) is 9.67 Å². The molecule has 0 saturated heterocycles. The first-order valence-corrected chi connectivity index (χ1v) is 6.14. The number of hydrogen-bond acceptors (Lipinski definition) is 4. The van der Waals surface area contributed by atoms with E-state index in [0.717, 1.165) is 0 Å². The third-order valence-corrected chi connectivity index (χ3v) is 3.18. The molecule has 1 heterocycles. The van der Waals surface area contributed by atoms with Gasteiger partial charge in [-0.05, 0) is 23.6 Å². The number of halogens is 2. The number of thiophene rings is 1. The van der Waals surface area contributed by atoms with Crippen LogP contribution in [0, 0.1) is 0 Å². The van der Waals surface area contributed by atoms with Crippen LogP contribution < -0.4 is 15.8 Å². The largest absolute Gasteiger partial charge is 0.433 e. The number of nitrogen functional groups attached to an aromatic ring is 1. The third-order valence-electron chi connectivity index (χ3n) is 2.25. The Hall–Kier alpha value is -2.15. The van der Waals surface area contributed by atoms with Gasteiger partial charge in [0.15, 0.2) is 0 Å². The summed E-state index contributed by atoms with van der Waals surface area (Å²) < 4.78 is 28.8. The number of nitrogens with one attached hydrogen (secondary N) is 1. The molecule has 2 aromatic rings. The van der Waals surface area contributed by atoms with E-state index >= 15 is 0 Å². The summed E-state index contributed by atoms with van der Waals surface area (Å²) in [5.74, 6) is -0.557. The molecule has 7 heteroatoms.